The van der Waals surface area contributed by atoms with Crippen molar-refractivity contribution in [3.8, 4) is 0 Å². The molecule has 0 aromatic carbocycles. The second kappa shape index (κ2) is 9.04. The second-order valence-corrected chi connectivity index (χ2v) is 6.72. The fourth-order valence-electron chi connectivity index (χ4n) is 2.35. The predicted molar refractivity (Wildman–Crippen MR) is 84.7 cm³/mol. The van der Waals surface area contributed by atoms with E-state index in [-0.39, 0.29) is 5.79 Å². The molecule has 4 N–H and O–H groups in total. The minimum absolute atomic E-state index is 0.158. The van der Waals surface area contributed by atoms with Crippen LogP contribution in [0.2, 0.25) is 0 Å². The van der Waals surface area contributed by atoms with Gasteiger partial charge in [-0.25, -0.2) is 0 Å². The Bertz CT molecular complexity index is 181. The van der Waals surface area contributed by atoms with Gasteiger partial charge in [-0.2, -0.15) is 0 Å². The van der Waals surface area contributed by atoms with Crippen molar-refractivity contribution in [1.29, 1.82) is 0 Å². The molecule has 0 saturated heterocycles. The Kier molecular flexibility index (Phi) is 9.07. The lowest BCUT2D eigenvalue weighted by Crippen LogP contribution is -2.70. The van der Waals surface area contributed by atoms with Crippen LogP contribution in [0.3, 0.4) is 0 Å². The molecule has 0 saturated carbocycles. The first kappa shape index (κ1) is 18.1. The van der Waals surface area contributed by atoms with E-state index in [2.05, 4.69) is 62.5 Å². The second-order valence-electron chi connectivity index (χ2n) is 6.01. The van der Waals surface area contributed by atoms with Crippen molar-refractivity contribution in [2.75, 3.05) is 6.54 Å². The van der Waals surface area contributed by atoms with Gasteiger partial charge in [0.15, 0.2) is 0 Å². The summed E-state index contributed by atoms with van der Waals surface area (Å²) in [7, 11) is 1.07. The summed E-state index contributed by atoms with van der Waals surface area (Å²) >= 11 is 0. The topological polar surface area (TPSA) is 48.1 Å². The van der Waals surface area contributed by atoms with Gasteiger partial charge in [-0.1, -0.05) is 0 Å². The van der Waals surface area contributed by atoms with Gasteiger partial charge in [0.1, 0.15) is 5.79 Å². The van der Waals surface area contributed by atoms with E-state index in [0.717, 1.165) is 23.4 Å². The van der Waals surface area contributed by atoms with Gasteiger partial charge in [0.05, 0.1) is 10.4 Å². The first-order valence-corrected chi connectivity index (χ1v) is 8.29. The maximum absolute atomic E-state index is 3.68. The van der Waals surface area contributed by atoms with Gasteiger partial charge in [0.25, 0.3) is 0 Å². The van der Waals surface area contributed by atoms with Crippen molar-refractivity contribution in [3.05, 3.63) is 0 Å². The van der Waals surface area contributed by atoms with Crippen LogP contribution >= 0.6 is 0 Å². The summed E-state index contributed by atoms with van der Waals surface area (Å²) in [5.74, 6) is -0.158. The molecule has 0 atom stereocenters. The van der Waals surface area contributed by atoms with E-state index in [4.69, 9.17) is 0 Å². The Morgan fingerprint density at radius 1 is 0.833 bits per heavy atom. The van der Waals surface area contributed by atoms with Crippen LogP contribution < -0.4 is 20.9 Å². The van der Waals surface area contributed by atoms with Crippen molar-refractivity contribution in [1.82, 2.24) is 20.9 Å². The Balaban J connectivity index is 4.74. The van der Waals surface area contributed by atoms with E-state index in [1.807, 2.05) is 0 Å². The standard InChI is InChI=1S/C13H34N4Si/c1-10(2)15-13(16-11(3)4,17-12(5)6)8-7-9-14-18/h10-12,14-17H,7-9H2,1-6,18H3. The largest absolute Gasteiger partial charge is 0.345 e. The number of rotatable bonds is 10. The lowest BCUT2D eigenvalue weighted by molar-refractivity contribution is 0.139. The molecule has 0 aliphatic carbocycles. The van der Waals surface area contributed by atoms with Gasteiger partial charge < -0.3 is 4.98 Å². The first-order chi connectivity index (χ1) is 8.31. The summed E-state index contributed by atoms with van der Waals surface area (Å²) in [4.78, 5) is 3.36. The Morgan fingerprint density at radius 2 is 1.22 bits per heavy atom. The van der Waals surface area contributed by atoms with Gasteiger partial charge in [0.2, 0.25) is 0 Å². The van der Waals surface area contributed by atoms with Gasteiger partial charge in [-0.15, -0.1) is 0 Å². The SMILES string of the molecule is CC(C)NC(CCCN[SiH3])(NC(C)C)NC(C)C. The lowest BCUT2D eigenvalue weighted by Gasteiger charge is -2.42. The minimum atomic E-state index is -0.158. The van der Waals surface area contributed by atoms with E-state index in [0.29, 0.717) is 18.1 Å². The van der Waals surface area contributed by atoms with Crippen LogP contribution in [0.1, 0.15) is 54.4 Å². The number of hydrogen-bond donors (Lipinski definition) is 4. The third-order valence-electron chi connectivity index (χ3n) is 2.58. The normalized spacial score (nSPS) is 13.2. The molecule has 18 heavy (non-hydrogen) atoms. The molecule has 0 rings (SSSR count). The fourth-order valence-corrected chi connectivity index (χ4v) is 2.70. The van der Waals surface area contributed by atoms with Crippen LogP contribution in [0.15, 0.2) is 0 Å². The summed E-state index contributed by atoms with van der Waals surface area (Å²) in [5.41, 5.74) is 0. The minimum Gasteiger partial charge on any atom is -0.345 e. The number of nitrogens with one attached hydrogen (secondary N) is 4. The van der Waals surface area contributed by atoms with E-state index in [1.54, 1.807) is 0 Å². The summed E-state index contributed by atoms with van der Waals surface area (Å²) in [6, 6.07) is 1.35. The highest BCUT2D eigenvalue weighted by Crippen LogP contribution is 2.10. The molecule has 0 aromatic heterocycles. The molecule has 0 fully saturated rings. The highest BCUT2D eigenvalue weighted by atomic mass is 28.2. The molecule has 0 heterocycles. The van der Waals surface area contributed by atoms with Crippen molar-refractivity contribution in [3.63, 3.8) is 0 Å². The molecule has 0 amide bonds. The van der Waals surface area contributed by atoms with Gasteiger partial charge >= 0.3 is 0 Å². The summed E-state index contributed by atoms with van der Waals surface area (Å²) in [5, 5.41) is 11.0. The van der Waals surface area contributed by atoms with Crippen molar-refractivity contribution in [2.24, 2.45) is 0 Å². The van der Waals surface area contributed by atoms with Crippen LogP contribution in [-0.4, -0.2) is 40.9 Å². The van der Waals surface area contributed by atoms with Gasteiger partial charge in [0, 0.05) is 18.1 Å². The summed E-state index contributed by atoms with van der Waals surface area (Å²) in [6.07, 6.45) is 2.25. The van der Waals surface area contributed by atoms with Crippen molar-refractivity contribution in [2.45, 2.75) is 78.3 Å². The third kappa shape index (κ3) is 8.21. The van der Waals surface area contributed by atoms with Crippen LogP contribution in [0, 0.1) is 0 Å². The van der Waals surface area contributed by atoms with E-state index in [1.165, 1.54) is 6.42 Å². The molecular weight excluding hydrogens is 240 g/mol. The highest BCUT2D eigenvalue weighted by Gasteiger charge is 2.30. The predicted octanol–water partition coefficient (Wildman–Crippen LogP) is 0.284. The van der Waals surface area contributed by atoms with Crippen LogP contribution in [-0.2, 0) is 0 Å². The fraction of sp³-hybridized carbons (Fsp3) is 1.00. The quantitative estimate of drug-likeness (QED) is 0.263. The average molecular weight is 275 g/mol. The van der Waals surface area contributed by atoms with E-state index < -0.39 is 0 Å². The van der Waals surface area contributed by atoms with Crippen LogP contribution in [0.25, 0.3) is 0 Å². The molecular formula is C13H34N4Si. The zero-order valence-corrected chi connectivity index (χ0v) is 15.4. The molecule has 0 unspecified atom stereocenters. The summed E-state index contributed by atoms with van der Waals surface area (Å²) in [6.45, 7) is 14.3. The molecule has 0 spiro atoms. The van der Waals surface area contributed by atoms with Crippen molar-refractivity contribution < 1.29 is 0 Å². The third-order valence-corrected chi connectivity index (χ3v) is 3.08. The first-order valence-electron chi connectivity index (χ1n) is 7.29. The molecule has 0 radical (unpaired) electrons. The molecule has 0 aliphatic heterocycles. The highest BCUT2D eigenvalue weighted by molar-refractivity contribution is 6.04. The summed E-state index contributed by atoms with van der Waals surface area (Å²) < 4.78 is 0. The molecule has 110 valence electrons. The Labute approximate surface area is 117 Å². The molecule has 5 heteroatoms. The van der Waals surface area contributed by atoms with Crippen molar-refractivity contribution >= 4 is 10.4 Å². The number of hydrogen-bond acceptors (Lipinski definition) is 4. The smallest absolute Gasteiger partial charge is 0.124 e. The zero-order chi connectivity index (χ0) is 14.2. The van der Waals surface area contributed by atoms with Crippen LogP contribution in [0.5, 0.6) is 0 Å². The lowest BCUT2D eigenvalue weighted by atomic mass is 10.1. The van der Waals surface area contributed by atoms with Gasteiger partial charge in [-0.3, -0.25) is 16.0 Å². The molecule has 0 bridgehead atoms. The zero-order valence-electron chi connectivity index (χ0n) is 13.4. The molecule has 0 aliphatic rings. The van der Waals surface area contributed by atoms with Crippen LogP contribution in [0.4, 0.5) is 0 Å². The Morgan fingerprint density at radius 3 is 1.50 bits per heavy atom. The van der Waals surface area contributed by atoms with E-state index in [9.17, 15) is 0 Å². The maximum Gasteiger partial charge on any atom is 0.124 e. The maximum atomic E-state index is 3.68. The average Bonchev–Trinajstić information content (AvgIpc) is 2.13. The van der Waals surface area contributed by atoms with E-state index >= 15 is 0 Å². The Hall–Kier alpha value is 0.0569. The van der Waals surface area contributed by atoms with Gasteiger partial charge in [-0.05, 0) is 60.9 Å². The monoisotopic (exact) mass is 274 g/mol. The molecule has 4 nitrogen and oxygen atoms in total. The molecule has 0 aromatic rings.